The number of aryl methyl sites for hydroxylation is 1. The molecule has 0 bridgehead atoms. The third kappa shape index (κ3) is 2.97. The van der Waals surface area contributed by atoms with Crippen LogP contribution in [0.1, 0.15) is 11.4 Å². The average molecular weight is 314 g/mol. The van der Waals surface area contributed by atoms with E-state index in [1.165, 1.54) is 0 Å². The Balaban J connectivity index is 1.68. The standard InChI is InChI=1S/C17H16ClN3O/c1-12-20-15-4-2-3-5-16(15)21(12)17(22)19-11-10-13-6-8-14(18)9-7-13/h2-9H,10-11H2,1H3,(H,19,22). The van der Waals surface area contributed by atoms with Crippen LogP contribution in [-0.2, 0) is 6.42 Å². The Labute approximate surface area is 133 Å². The van der Waals surface area contributed by atoms with Crippen molar-refractivity contribution in [1.82, 2.24) is 14.9 Å². The molecule has 1 N–H and O–H groups in total. The van der Waals surface area contributed by atoms with Crippen LogP contribution in [0.5, 0.6) is 0 Å². The average Bonchev–Trinajstić information content (AvgIpc) is 2.85. The molecule has 0 aliphatic heterocycles. The Morgan fingerprint density at radius 3 is 2.68 bits per heavy atom. The van der Waals surface area contributed by atoms with Crippen molar-refractivity contribution in [1.29, 1.82) is 0 Å². The minimum atomic E-state index is -0.153. The number of aromatic nitrogens is 2. The van der Waals surface area contributed by atoms with Gasteiger partial charge in [0, 0.05) is 11.6 Å². The molecule has 3 rings (SSSR count). The van der Waals surface area contributed by atoms with Gasteiger partial charge in [0.05, 0.1) is 11.0 Å². The van der Waals surface area contributed by atoms with Crippen LogP contribution in [0.15, 0.2) is 48.5 Å². The van der Waals surface area contributed by atoms with Gasteiger partial charge in [-0.15, -0.1) is 0 Å². The van der Waals surface area contributed by atoms with E-state index in [1.54, 1.807) is 4.57 Å². The summed E-state index contributed by atoms with van der Waals surface area (Å²) in [7, 11) is 0. The van der Waals surface area contributed by atoms with Crippen molar-refractivity contribution in [2.45, 2.75) is 13.3 Å². The maximum absolute atomic E-state index is 12.4. The van der Waals surface area contributed by atoms with Gasteiger partial charge in [-0.2, -0.15) is 0 Å². The molecule has 0 saturated heterocycles. The number of nitrogens with one attached hydrogen (secondary N) is 1. The second-order valence-corrected chi connectivity index (χ2v) is 5.53. The molecule has 0 spiro atoms. The fraction of sp³-hybridized carbons (Fsp3) is 0.176. The number of carbonyl (C=O) groups is 1. The molecular formula is C17H16ClN3O. The van der Waals surface area contributed by atoms with Gasteiger partial charge >= 0.3 is 6.03 Å². The van der Waals surface area contributed by atoms with Gasteiger partial charge in [0.1, 0.15) is 5.82 Å². The first-order valence-electron chi connectivity index (χ1n) is 7.12. The Morgan fingerprint density at radius 1 is 1.18 bits per heavy atom. The van der Waals surface area contributed by atoms with E-state index < -0.39 is 0 Å². The first kappa shape index (κ1) is 14.6. The molecule has 2 aromatic carbocycles. The zero-order chi connectivity index (χ0) is 15.5. The van der Waals surface area contributed by atoms with Crippen LogP contribution in [-0.4, -0.2) is 22.1 Å². The van der Waals surface area contributed by atoms with Crippen LogP contribution in [0.2, 0.25) is 5.02 Å². The number of fused-ring (bicyclic) bond motifs is 1. The van der Waals surface area contributed by atoms with E-state index in [1.807, 2.05) is 55.5 Å². The van der Waals surface area contributed by atoms with Crippen molar-refractivity contribution in [3.05, 3.63) is 64.9 Å². The summed E-state index contributed by atoms with van der Waals surface area (Å²) in [5.41, 5.74) is 2.79. The predicted octanol–water partition coefficient (Wildman–Crippen LogP) is 3.80. The van der Waals surface area contributed by atoms with Crippen molar-refractivity contribution in [3.8, 4) is 0 Å². The number of carbonyl (C=O) groups excluding carboxylic acids is 1. The summed E-state index contributed by atoms with van der Waals surface area (Å²) in [6, 6.07) is 15.1. The molecule has 1 aromatic heterocycles. The molecule has 0 radical (unpaired) electrons. The molecule has 0 atom stereocenters. The second kappa shape index (κ2) is 6.20. The lowest BCUT2D eigenvalue weighted by atomic mass is 10.1. The fourth-order valence-electron chi connectivity index (χ4n) is 2.45. The highest BCUT2D eigenvalue weighted by Gasteiger charge is 2.12. The molecule has 112 valence electrons. The van der Waals surface area contributed by atoms with Crippen molar-refractivity contribution >= 4 is 28.7 Å². The smallest absolute Gasteiger partial charge is 0.327 e. The molecule has 0 unspecified atom stereocenters. The zero-order valence-corrected chi connectivity index (χ0v) is 13.0. The lowest BCUT2D eigenvalue weighted by Crippen LogP contribution is -2.30. The molecule has 0 aliphatic rings. The van der Waals surface area contributed by atoms with Gasteiger partial charge < -0.3 is 5.32 Å². The molecule has 0 saturated carbocycles. The summed E-state index contributed by atoms with van der Waals surface area (Å²) in [6.07, 6.45) is 0.759. The molecule has 5 heteroatoms. The first-order chi connectivity index (χ1) is 10.6. The van der Waals surface area contributed by atoms with Gasteiger partial charge in [0.2, 0.25) is 0 Å². The van der Waals surface area contributed by atoms with E-state index in [2.05, 4.69) is 10.3 Å². The number of hydrogen-bond acceptors (Lipinski definition) is 2. The Morgan fingerprint density at radius 2 is 1.91 bits per heavy atom. The monoisotopic (exact) mass is 313 g/mol. The van der Waals surface area contributed by atoms with E-state index in [9.17, 15) is 4.79 Å². The Bertz CT molecular complexity index is 808. The van der Waals surface area contributed by atoms with Crippen LogP contribution in [0, 0.1) is 6.92 Å². The van der Waals surface area contributed by atoms with Crippen molar-refractivity contribution < 1.29 is 4.79 Å². The predicted molar refractivity (Wildman–Crippen MR) is 88.4 cm³/mol. The summed E-state index contributed by atoms with van der Waals surface area (Å²) in [5, 5.41) is 3.65. The maximum Gasteiger partial charge on any atom is 0.327 e. The molecular weight excluding hydrogens is 298 g/mol. The van der Waals surface area contributed by atoms with E-state index in [0.717, 1.165) is 23.0 Å². The number of nitrogens with zero attached hydrogens (tertiary/aromatic N) is 2. The van der Waals surface area contributed by atoms with Crippen LogP contribution >= 0.6 is 11.6 Å². The first-order valence-corrected chi connectivity index (χ1v) is 7.49. The summed E-state index contributed by atoms with van der Waals surface area (Å²) in [6.45, 7) is 2.39. The summed E-state index contributed by atoms with van der Waals surface area (Å²) < 4.78 is 1.61. The third-order valence-corrected chi connectivity index (χ3v) is 3.79. The summed E-state index contributed by atoms with van der Waals surface area (Å²) in [5.74, 6) is 0.685. The van der Waals surface area contributed by atoms with Gasteiger partial charge in [-0.3, -0.25) is 0 Å². The molecule has 0 aliphatic carbocycles. The van der Waals surface area contributed by atoms with E-state index >= 15 is 0 Å². The van der Waals surface area contributed by atoms with Crippen LogP contribution in [0.4, 0.5) is 4.79 Å². The molecule has 1 amide bonds. The number of para-hydroxylation sites is 2. The van der Waals surface area contributed by atoms with Gasteiger partial charge in [-0.25, -0.2) is 14.3 Å². The SMILES string of the molecule is Cc1nc2ccccc2n1C(=O)NCCc1ccc(Cl)cc1. The number of imidazole rings is 1. The van der Waals surface area contributed by atoms with E-state index in [4.69, 9.17) is 11.6 Å². The minimum Gasteiger partial charge on any atom is -0.337 e. The van der Waals surface area contributed by atoms with E-state index in [0.29, 0.717) is 17.4 Å². The number of rotatable bonds is 3. The molecule has 0 fully saturated rings. The highest BCUT2D eigenvalue weighted by Crippen LogP contribution is 2.15. The molecule has 4 nitrogen and oxygen atoms in total. The number of halogens is 1. The quantitative estimate of drug-likeness (QED) is 0.799. The molecule has 3 aromatic rings. The lowest BCUT2D eigenvalue weighted by Gasteiger charge is -2.08. The summed E-state index contributed by atoms with van der Waals surface area (Å²) in [4.78, 5) is 16.8. The number of amides is 1. The van der Waals surface area contributed by atoms with E-state index in [-0.39, 0.29) is 6.03 Å². The maximum atomic E-state index is 12.4. The largest absolute Gasteiger partial charge is 0.337 e. The number of benzene rings is 2. The topological polar surface area (TPSA) is 46.9 Å². The lowest BCUT2D eigenvalue weighted by molar-refractivity contribution is 0.243. The van der Waals surface area contributed by atoms with Gasteiger partial charge in [-0.1, -0.05) is 35.9 Å². The van der Waals surface area contributed by atoms with Crippen molar-refractivity contribution in [2.75, 3.05) is 6.54 Å². The highest BCUT2D eigenvalue weighted by molar-refractivity contribution is 6.30. The summed E-state index contributed by atoms with van der Waals surface area (Å²) >= 11 is 5.86. The third-order valence-electron chi connectivity index (χ3n) is 3.53. The zero-order valence-electron chi connectivity index (χ0n) is 12.2. The van der Waals surface area contributed by atoms with Crippen LogP contribution in [0.25, 0.3) is 11.0 Å². The molecule has 1 heterocycles. The fourth-order valence-corrected chi connectivity index (χ4v) is 2.57. The van der Waals surface area contributed by atoms with Gasteiger partial charge in [-0.05, 0) is 43.2 Å². The Kier molecular flexibility index (Phi) is 4.11. The minimum absolute atomic E-state index is 0.153. The number of hydrogen-bond donors (Lipinski definition) is 1. The van der Waals surface area contributed by atoms with Crippen LogP contribution < -0.4 is 5.32 Å². The van der Waals surface area contributed by atoms with Crippen LogP contribution in [0.3, 0.4) is 0 Å². The molecule has 22 heavy (non-hydrogen) atoms. The second-order valence-electron chi connectivity index (χ2n) is 5.09. The van der Waals surface area contributed by atoms with Crippen molar-refractivity contribution in [3.63, 3.8) is 0 Å². The Hall–Kier alpha value is -2.33. The van der Waals surface area contributed by atoms with Gasteiger partial charge in [0.15, 0.2) is 0 Å². The highest BCUT2D eigenvalue weighted by atomic mass is 35.5. The van der Waals surface area contributed by atoms with Gasteiger partial charge in [0.25, 0.3) is 0 Å². The van der Waals surface area contributed by atoms with Crippen molar-refractivity contribution in [2.24, 2.45) is 0 Å². The normalized spacial score (nSPS) is 10.8.